The number of ether oxygens (including phenoxy) is 1. The molecule has 5 nitrogen and oxygen atoms in total. The lowest BCUT2D eigenvalue weighted by Gasteiger charge is -2.26. The molecule has 0 fully saturated rings. The second kappa shape index (κ2) is 8.82. The molecule has 0 aliphatic heterocycles. The van der Waals surface area contributed by atoms with Crippen LogP contribution < -0.4 is 10.2 Å². The lowest BCUT2D eigenvalue weighted by atomic mass is 10.0. The minimum Gasteiger partial charge on any atom is -0.444 e. The molecule has 0 aromatic heterocycles. The zero-order valence-corrected chi connectivity index (χ0v) is 16.3. The number of halogens is 2. The highest BCUT2D eigenvalue weighted by Gasteiger charge is 2.28. The van der Waals surface area contributed by atoms with E-state index in [-0.39, 0.29) is 12.0 Å². The van der Waals surface area contributed by atoms with Gasteiger partial charge in [-0.2, -0.15) is 0 Å². The maximum atomic E-state index is 13.5. The van der Waals surface area contributed by atoms with Gasteiger partial charge in [-0.1, -0.05) is 18.2 Å². The third kappa shape index (κ3) is 6.33. The van der Waals surface area contributed by atoms with Crippen molar-refractivity contribution in [1.29, 1.82) is 0 Å². The molecule has 0 spiro atoms. The highest BCUT2D eigenvalue weighted by molar-refractivity contribution is 5.98. The van der Waals surface area contributed by atoms with Crippen molar-refractivity contribution in [3.63, 3.8) is 0 Å². The number of alkyl carbamates (subject to hydrolysis) is 1. The Morgan fingerprint density at radius 2 is 1.64 bits per heavy atom. The second-order valence-electron chi connectivity index (χ2n) is 7.41. The van der Waals surface area contributed by atoms with Crippen molar-refractivity contribution in [2.75, 3.05) is 11.9 Å². The first-order valence-corrected chi connectivity index (χ1v) is 8.82. The minimum atomic E-state index is -1.07. The van der Waals surface area contributed by atoms with E-state index in [2.05, 4.69) is 5.32 Å². The van der Waals surface area contributed by atoms with Gasteiger partial charge in [0.2, 0.25) is 5.91 Å². The zero-order valence-electron chi connectivity index (χ0n) is 16.3. The number of hydrogen-bond donors (Lipinski definition) is 1. The van der Waals surface area contributed by atoms with Crippen molar-refractivity contribution < 1.29 is 23.1 Å². The zero-order chi connectivity index (χ0) is 20.9. The standard InChI is InChI=1S/C21H24F2N2O3/c1-21(2,3)28-20(27)24-18(12-14-10-15(22)13-16(23)11-14)19(26)25(4)17-8-6-5-7-9-17/h5-11,13,18H,12H2,1-4H3,(H,24,27). The molecule has 2 aromatic rings. The van der Waals surface area contributed by atoms with Gasteiger partial charge < -0.3 is 15.0 Å². The van der Waals surface area contributed by atoms with Crippen LogP contribution in [0.2, 0.25) is 0 Å². The molecule has 0 saturated carbocycles. The van der Waals surface area contributed by atoms with Crippen LogP contribution in [-0.2, 0) is 16.0 Å². The van der Waals surface area contributed by atoms with E-state index < -0.39 is 35.3 Å². The van der Waals surface area contributed by atoms with Crippen LogP contribution in [0.5, 0.6) is 0 Å². The summed E-state index contributed by atoms with van der Waals surface area (Å²) in [6.07, 6.45) is -0.881. The molecule has 0 saturated heterocycles. The molecule has 1 atom stereocenters. The summed E-state index contributed by atoms with van der Waals surface area (Å²) in [6, 6.07) is 10.8. The third-order valence-corrected chi connectivity index (χ3v) is 3.83. The normalized spacial score (nSPS) is 12.2. The fourth-order valence-electron chi connectivity index (χ4n) is 2.63. The number of anilines is 1. The van der Waals surface area contributed by atoms with Crippen LogP contribution in [0.1, 0.15) is 26.3 Å². The number of benzene rings is 2. The molecule has 7 heteroatoms. The van der Waals surface area contributed by atoms with Gasteiger partial charge in [0.1, 0.15) is 23.3 Å². The van der Waals surface area contributed by atoms with Crippen LogP contribution in [0.4, 0.5) is 19.3 Å². The molecule has 0 bridgehead atoms. The van der Waals surface area contributed by atoms with Crippen LogP contribution in [0.25, 0.3) is 0 Å². The van der Waals surface area contributed by atoms with Crippen molar-refractivity contribution in [3.8, 4) is 0 Å². The fourth-order valence-corrected chi connectivity index (χ4v) is 2.63. The second-order valence-corrected chi connectivity index (χ2v) is 7.41. The SMILES string of the molecule is CN(C(=O)C(Cc1cc(F)cc(F)c1)NC(=O)OC(C)(C)C)c1ccccc1. The number of nitrogens with one attached hydrogen (secondary N) is 1. The molecule has 2 aromatic carbocycles. The molecule has 2 rings (SSSR count). The van der Waals surface area contributed by atoms with Gasteiger partial charge in [0, 0.05) is 25.2 Å². The number of carbonyl (C=O) groups excluding carboxylic acids is 2. The first-order chi connectivity index (χ1) is 13.0. The average Bonchev–Trinajstić information content (AvgIpc) is 2.58. The van der Waals surface area contributed by atoms with Gasteiger partial charge >= 0.3 is 6.09 Å². The van der Waals surface area contributed by atoms with E-state index in [0.717, 1.165) is 18.2 Å². The minimum absolute atomic E-state index is 0.0933. The first kappa shape index (κ1) is 21.3. The van der Waals surface area contributed by atoms with E-state index >= 15 is 0 Å². The van der Waals surface area contributed by atoms with Gasteiger partial charge in [-0.05, 0) is 50.6 Å². The van der Waals surface area contributed by atoms with Crippen LogP contribution in [0.3, 0.4) is 0 Å². The van der Waals surface area contributed by atoms with Crippen molar-refractivity contribution in [1.82, 2.24) is 5.32 Å². The highest BCUT2D eigenvalue weighted by atomic mass is 19.1. The molecule has 1 unspecified atom stereocenters. The van der Waals surface area contributed by atoms with Gasteiger partial charge in [-0.15, -0.1) is 0 Å². The van der Waals surface area contributed by atoms with E-state index in [9.17, 15) is 18.4 Å². The van der Waals surface area contributed by atoms with Crippen LogP contribution in [0, 0.1) is 11.6 Å². The Kier molecular flexibility index (Phi) is 6.72. The van der Waals surface area contributed by atoms with Crippen LogP contribution in [0.15, 0.2) is 48.5 Å². The molecule has 0 aliphatic rings. The molecule has 2 amide bonds. The van der Waals surface area contributed by atoms with E-state index in [4.69, 9.17) is 4.74 Å². The van der Waals surface area contributed by atoms with Crippen LogP contribution >= 0.6 is 0 Å². The molecule has 150 valence electrons. The summed E-state index contributed by atoms with van der Waals surface area (Å²) in [5, 5.41) is 2.51. The van der Waals surface area contributed by atoms with Crippen molar-refractivity contribution >= 4 is 17.7 Å². The van der Waals surface area contributed by atoms with Crippen molar-refractivity contribution in [2.45, 2.75) is 38.8 Å². The quantitative estimate of drug-likeness (QED) is 0.838. The smallest absolute Gasteiger partial charge is 0.408 e. The van der Waals surface area contributed by atoms with Gasteiger partial charge in [0.15, 0.2) is 0 Å². The Balaban J connectivity index is 2.26. The summed E-state index contributed by atoms with van der Waals surface area (Å²) in [5.41, 5.74) is 0.107. The number of nitrogens with zero attached hydrogens (tertiary/aromatic N) is 1. The summed E-state index contributed by atoms with van der Waals surface area (Å²) < 4.78 is 32.3. The van der Waals surface area contributed by atoms with E-state index in [1.165, 1.54) is 4.90 Å². The Morgan fingerprint density at radius 1 is 1.07 bits per heavy atom. The largest absolute Gasteiger partial charge is 0.444 e. The molecule has 1 N–H and O–H groups in total. The first-order valence-electron chi connectivity index (χ1n) is 8.82. The van der Waals surface area contributed by atoms with Gasteiger partial charge in [-0.3, -0.25) is 4.79 Å². The molecular formula is C21H24F2N2O3. The van der Waals surface area contributed by atoms with Crippen molar-refractivity contribution in [3.05, 3.63) is 65.7 Å². The summed E-state index contributed by atoms with van der Waals surface area (Å²) in [4.78, 5) is 26.6. The Labute approximate surface area is 163 Å². The maximum Gasteiger partial charge on any atom is 0.408 e. The number of amides is 2. The number of carbonyl (C=O) groups is 2. The van der Waals surface area contributed by atoms with Gasteiger partial charge in [0.25, 0.3) is 0 Å². The van der Waals surface area contributed by atoms with E-state index in [1.54, 1.807) is 52.1 Å². The number of para-hydroxylation sites is 1. The summed E-state index contributed by atoms with van der Waals surface area (Å²) in [6.45, 7) is 5.09. The molecule has 0 heterocycles. The number of likely N-dealkylation sites (N-methyl/N-ethyl adjacent to an activating group) is 1. The molecule has 0 aliphatic carbocycles. The predicted octanol–water partition coefficient (Wildman–Crippen LogP) is 4.06. The lowest BCUT2D eigenvalue weighted by Crippen LogP contribution is -2.50. The highest BCUT2D eigenvalue weighted by Crippen LogP contribution is 2.16. The summed E-state index contributed by atoms with van der Waals surface area (Å²) >= 11 is 0. The Morgan fingerprint density at radius 3 is 2.18 bits per heavy atom. The van der Waals surface area contributed by atoms with Crippen molar-refractivity contribution in [2.24, 2.45) is 0 Å². The molecule has 28 heavy (non-hydrogen) atoms. The number of hydrogen-bond acceptors (Lipinski definition) is 3. The maximum absolute atomic E-state index is 13.5. The molecular weight excluding hydrogens is 366 g/mol. The van der Waals surface area contributed by atoms with E-state index in [1.807, 2.05) is 6.07 Å². The van der Waals surface area contributed by atoms with E-state index in [0.29, 0.717) is 5.69 Å². The topological polar surface area (TPSA) is 58.6 Å². The summed E-state index contributed by atoms with van der Waals surface area (Å²) in [7, 11) is 1.56. The Hall–Kier alpha value is -2.96. The molecule has 0 radical (unpaired) electrons. The summed E-state index contributed by atoms with van der Waals surface area (Å²) in [5.74, 6) is -1.95. The average molecular weight is 390 g/mol. The number of rotatable bonds is 5. The fraction of sp³-hybridized carbons (Fsp3) is 0.333. The monoisotopic (exact) mass is 390 g/mol. The third-order valence-electron chi connectivity index (χ3n) is 3.83. The van der Waals surface area contributed by atoms with Crippen LogP contribution in [-0.4, -0.2) is 30.7 Å². The lowest BCUT2D eigenvalue weighted by molar-refractivity contribution is -0.120. The van der Waals surface area contributed by atoms with Gasteiger partial charge in [0.05, 0.1) is 0 Å². The van der Waals surface area contributed by atoms with Gasteiger partial charge in [-0.25, -0.2) is 13.6 Å². The Bertz CT molecular complexity index is 815. The predicted molar refractivity (Wildman–Crippen MR) is 103 cm³/mol.